The van der Waals surface area contributed by atoms with E-state index < -0.39 is 0 Å². The van der Waals surface area contributed by atoms with Crippen molar-refractivity contribution in [2.24, 2.45) is 0 Å². The van der Waals surface area contributed by atoms with E-state index in [1.165, 1.54) is 0 Å². The largest absolute Gasteiger partial charge is 0.351 e. The summed E-state index contributed by atoms with van der Waals surface area (Å²) in [5.41, 5.74) is 1.93. The predicted octanol–water partition coefficient (Wildman–Crippen LogP) is 0.579. The maximum Gasteiger partial charge on any atom is 0.253 e. The Bertz CT molecular complexity index is 521. The molecule has 1 amide bonds. The van der Waals surface area contributed by atoms with Crippen molar-refractivity contribution in [1.82, 2.24) is 20.6 Å². The van der Waals surface area contributed by atoms with Crippen LogP contribution in [0.5, 0.6) is 0 Å². The Hall–Kier alpha value is -2.01. The number of hydrogen-bond donors (Lipinski definition) is 2. The lowest BCUT2D eigenvalue weighted by atomic mass is 10.1. The molecule has 0 atom stereocenters. The lowest BCUT2D eigenvalue weighted by Crippen LogP contribution is -2.30. The molecule has 1 aromatic heterocycles. The van der Waals surface area contributed by atoms with Gasteiger partial charge in [-0.05, 0) is 19.2 Å². The number of amides is 1. The first-order valence-corrected chi connectivity index (χ1v) is 5.45. The molecule has 0 fully saturated rings. The van der Waals surface area contributed by atoms with E-state index in [1.807, 2.05) is 19.2 Å². The standard InChI is InChI=1S/C12H14N4O/c1-13-5-6-16-12(17)9-3-2-4-10-11(9)15-8-7-14-10/h2-4,7-8,13H,5-6H2,1H3,(H,16,17). The number of fused-ring (bicyclic) bond motifs is 1. The molecule has 5 nitrogen and oxygen atoms in total. The van der Waals surface area contributed by atoms with E-state index in [0.29, 0.717) is 17.6 Å². The highest BCUT2D eigenvalue weighted by atomic mass is 16.1. The molecule has 0 saturated heterocycles. The van der Waals surface area contributed by atoms with E-state index >= 15 is 0 Å². The highest BCUT2D eigenvalue weighted by Crippen LogP contribution is 2.13. The molecule has 0 spiro atoms. The molecule has 88 valence electrons. The van der Waals surface area contributed by atoms with E-state index in [9.17, 15) is 4.79 Å². The van der Waals surface area contributed by atoms with Crippen molar-refractivity contribution in [2.75, 3.05) is 20.1 Å². The minimum absolute atomic E-state index is 0.119. The first-order chi connectivity index (χ1) is 8.33. The third-order valence-corrected chi connectivity index (χ3v) is 2.40. The van der Waals surface area contributed by atoms with E-state index in [1.54, 1.807) is 18.5 Å². The average Bonchev–Trinajstić information content (AvgIpc) is 2.38. The minimum Gasteiger partial charge on any atom is -0.351 e. The molecule has 2 aromatic rings. The van der Waals surface area contributed by atoms with Gasteiger partial charge in [0.05, 0.1) is 11.1 Å². The zero-order valence-corrected chi connectivity index (χ0v) is 9.60. The van der Waals surface area contributed by atoms with Crippen molar-refractivity contribution in [1.29, 1.82) is 0 Å². The number of rotatable bonds is 4. The SMILES string of the molecule is CNCCNC(=O)c1cccc2nccnc12. The number of para-hydroxylation sites is 1. The summed E-state index contributed by atoms with van der Waals surface area (Å²) in [6, 6.07) is 5.41. The van der Waals surface area contributed by atoms with Crippen LogP contribution in [-0.2, 0) is 0 Å². The Labute approximate surface area is 99.3 Å². The molecule has 0 unspecified atom stereocenters. The maximum absolute atomic E-state index is 11.9. The van der Waals surface area contributed by atoms with Gasteiger partial charge in [0.25, 0.3) is 5.91 Å². The van der Waals surface area contributed by atoms with E-state index in [0.717, 1.165) is 12.1 Å². The number of nitrogens with zero attached hydrogens (tertiary/aromatic N) is 2. The molecule has 5 heteroatoms. The van der Waals surface area contributed by atoms with Crippen LogP contribution in [0.3, 0.4) is 0 Å². The monoisotopic (exact) mass is 230 g/mol. The normalized spacial score (nSPS) is 10.4. The fourth-order valence-corrected chi connectivity index (χ4v) is 1.57. The van der Waals surface area contributed by atoms with E-state index in [4.69, 9.17) is 0 Å². The Morgan fingerprint density at radius 1 is 1.24 bits per heavy atom. The van der Waals surface area contributed by atoms with Gasteiger partial charge in [-0.3, -0.25) is 14.8 Å². The molecule has 1 heterocycles. The van der Waals surface area contributed by atoms with Gasteiger partial charge < -0.3 is 10.6 Å². The van der Waals surface area contributed by atoms with Crippen LogP contribution < -0.4 is 10.6 Å². The van der Waals surface area contributed by atoms with Crippen LogP contribution in [0, 0.1) is 0 Å². The molecule has 0 radical (unpaired) electrons. The first kappa shape index (κ1) is 11.5. The van der Waals surface area contributed by atoms with Crippen molar-refractivity contribution in [3.63, 3.8) is 0 Å². The van der Waals surface area contributed by atoms with Gasteiger partial charge in [0.2, 0.25) is 0 Å². The quantitative estimate of drug-likeness (QED) is 0.754. The van der Waals surface area contributed by atoms with E-state index in [-0.39, 0.29) is 5.91 Å². The van der Waals surface area contributed by atoms with Gasteiger partial charge in [0.1, 0.15) is 5.52 Å². The summed E-state index contributed by atoms with van der Waals surface area (Å²) < 4.78 is 0. The second-order valence-electron chi connectivity index (χ2n) is 3.59. The number of nitrogens with one attached hydrogen (secondary N) is 2. The van der Waals surface area contributed by atoms with Gasteiger partial charge in [-0.2, -0.15) is 0 Å². The molecule has 0 aliphatic heterocycles. The first-order valence-electron chi connectivity index (χ1n) is 5.45. The predicted molar refractivity (Wildman–Crippen MR) is 65.8 cm³/mol. The summed E-state index contributed by atoms with van der Waals surface area (Å²) in [5, 5.41) is 5.79. The van der Waals surface area contributed by atoms with Gasteiger partial charge in [-0.1, -0.05) is 6.07 Å². The van der Waals surface area contributed by atoms with Crippen molar-refractivity contribution in [3.8, 4) is 0 Å². The fourth-order valence-electron chi connectivity index (χ4n) is 1.57. The topological polar surface area (TPSA) is 66.9 Å². The summed E-state index contributed by atoms with van der Waals surface area (Å²) in [6.07, 6.45) is 3.21. The lowest BCUT2D eigenvalue weighted by molar-refractivity contribution is 0.0955. The summed E-state index contributed by atoms with van der Waals surface area (Å²) in [6.45, 7) is 1.33. The fraction of sp³-hybridized carbons (Fsp3) is 0.250. The number of hydrogen-bond acceptors (Lipinski definition) is 4. The van der Waals surface area contributed by atoms with Gasteiger partial charge in [0, 0.05) is 25.5 Å². The van der Waals surface area contributed by atoms with Crippen LogP contribution in [0.25, 0.3) is 11.0 Å². The van der Waals surface area contributed by atoms with Crippen LogP contribution in [0.15, 0.2) is 30.6 Å². The van der Waals surface area contributed by atoms with Crippen LogP contribution in [0.4, 0.5) is 0 Å². The van der Waals surface area contributed by atoms with Gasteiger partial charge in [-0.15, -0.1) is 0 Å². The number of benzene rings is 1. The Morgan fingerprint density at radius 2 is 2.06 bits per heavy atom. The van der Waals surface area contributed by atoms with Gasteiger partial charge in [-0.25, -0.2) is 0 Å². The van der Waals surface area contributed by atoms with Crippen LogP contribution in [-0.4, -0.2) is 36.0 Å². The summed E-state index contributed by atoms with van der Waals surface area (Å²) in [4.78, 5) is 20.3. The minimum atomic E-state index is -0.119. The smallest absolute Gasteiger partial charge is 0.253 e. The summed E-state index contributed by atoms with van der Waals surface area (Å²) in [7, 11) is 1.84. The number of carbonyl (C=O) groups excluding carboxylic acids is 1. The van der Waals surface area contributed by atoms with Crippen molar-refractivity contribution >= 4 is 16.9 Å². The molecule has 0 aliphatic carbocycles. The average molecular weight is 230 g/mol. The molecule has 0 bridgehead atoms. The highest BCUT2D eigenvalue weighted by molar-refractivity contribution is 6.04. The molecular formula is C12H14N4O. The second-order valence-corrected chi connectivity index (χ2v) is 3.59. The van der Waals surface area contributed by atoms with Crippen LogP contribution in [0.2, 0.25) is 0 Å². The maximum atomic E-state index is 11.9. The highest BCUT2D eigenvalue weighted by Gasteiger charge is 2.10. The molecule has 2 rings (SSSR count). The van der Waals surface area contributed by atoms with E-state index in [2.05, 4.69) is 20.6 Å². The van der Waals surface area contributed by atoms with Crippen LogP contribution >= 0.6 is 0 Å². The Balaban J connectivity index is 2.26. The molecule has 17 heavy (non-hydrogen) atoms. The van der Waals surface area contributed by atoms with Crippen LogP contribution in [0.1, 0.15) is 10.4 Å². The zero-order valence-electron chi connectivity index (χ0n) is 9.60. The summed E-state index contributed by atoms with van der Waals surface area (Å²) >= 11 is 0. The van der Waals surface area contributed by atoms with Gasteiger partial charge >= 0.3 is 0 Å². The van der Waals surface area contributed by atoms with Gasteiger partial charge in [0.15, 0.2) is 0 Å². The Morgan fingerprint density at radius 3 is 2.88 bits per heavy atom. The lowest BCUT2D eigenvalue weighted by Gasteiger charge is -2.06. The third kappa shape index (κ3) is 2.57. The third-order valence-electron chi connectivity index (χ3n) is 2.40. The van der Waals surface area contributed by atoms with Crippen molar-refractivity contribution < 1.29 is 4.79 Å². The number of aromatic nitrogens is 2. The Kier molecular flexibility index (Phi) is 3.62. The molecule has 2 N–H and O–H groups in total. The summed E-state index contributed by atoms with van der Waals surface area (Å²) in [5.74, 6) is -0.119. The second kappa shape index (κ2) is 5.36. The van der Waals surface area contributed by atoms with Crippen molar-refractivity contribution in [2.45, 2.75) is 0 Å². The molecule has 0 saturated carbocycles. The molecule has 1 aromatic carbocycles. The number of likely N-dealkylation sites (N-methyl/N-ethyl adjacent to an activating group) is 1. The molecular weight excluding hydrogens is 216 g/mol. The molecule has 0 aliphatic rings. The zero-order chi connectivity index (χ0) is 12.1. The van der Waals surface area contributed by atoms with Crippen molar-refractivity contribution in [3.05, 3.63) is 36.2 Å². The number of carbonyl (C=O) groups is 1.